The molecule has 0 N–H and O–H groups in total. The van der Waals surface area contributed by atoms with Crippen LogP contribution >= 0.6 is 0 Å². The molecule has 0 spiro atoms. The maximum Gasteiger partial charge on any atom is 1.00 e. The first-order valence-corrected chi connectivity index (χ1v) is 4.23. The van der Waals surface area contributed by atoms with Crippen molar-refractivity contribution in [3.05, 3.63) is 36.4 Å². The number of hydrogen-bond donors (Lipinski definition) is 0. The fraction of sp³-hybridized carbons (Fsp3) is 0. The molecule has 3 rings (SSSR count). The van der Waals surface area contributed by atoms with E-state index < -0.39 is 11.4 Å². The summed E-state index contributed by atoms with van der Waals surface area (Å²) in [5.41, 5.74) is 0. The van der Waals surface area contributed by atoms with Crippen LogP contribution in [0.15, 0.2) is 36.4 Å². The summed E-state index contributed by atoms with van der Waals surface area (Å²) >= 11 is -3.11. The summed E-state index contributed by atoms with van der Waals surface area (Å²) in [7, 11) is 0. The van der Waals surface area contributed by atoms with Crippen molar-refractivity contribution < 1.29 is 42.9 Å². The SMILES string of the molecule is O=S([O-])[O-].[Na+].c1cc2ccc1cc2. The van der Waals surface area contributed by atoms with Crippen molar-refractivity contribution in [1.29, 1.82) is 0 Å². The Morgan fingerprint density at radius 2 is 1.00 bits per heavy atom. The van der Waals surface area contributed by atoms with Crippen LogP contribution in [-0.2, 0) is 11.4 Å². The number of rotatable bonds is 0. The quantitative estimate of drug-likeness (QED) is 0.379. The monoisotopic (exact) mass is 205 g/mol. The molecule has 0 aliphatic rings. The summed E-state index contributed by atoms with van der Waals surface area (Å²) in [6.07, 6.45) is 0. The third-order valence-corrected chi connectivity index (χ3v) is 1.40. The molecule has 13 heavy (non-hydrogen) atoms. The summed E-state index contributed by atoms with van der Waals surface area (Å²) in [6, 6.07) is 12.7. The first kappa shape index (κ1) is 13.0. The van der Waals surface area contributed by atoms with Crippen LogP contribution in [0.25, 0.3) is 10.8 Å². The van der Waals surface area contributed by atoms with Gasteiger partial charge in [-0.05, 0) is 10.8 Å². The molecule has 0 aliphatic carbocycles. The van der Waals surface area contributed by atoms with Crippen LogP contribution in [0.5, 0.6) is 0 Å². The second-order valence-corrected chi connectivity index (χ2v) is 2.61. The second-order valence-electron chi connectivity index (χ2n) is 2.20. The Morgan fingerprint density at radius 3 is 1.08 bits per heavy atom. The van der Waals surface area contributed by atoms with Gasteiger partial charge in [-0.2, -0.15) is 0 Å². The number of fused-ring (bicyclic) bond motifs is 3. The van der Waals surface area contributed by atoms with E-state index in [1.807, 2.05) is 0 Å². The Kier molecular flexibility index (Phi) is 6.49. The van der Waals surface area contributed by atoms with Gasteiger partial charge in [-0.25, -0.2) is 0 Å². The molecule has 0 atom stereocenters. The van der Waals surface area contributed by atoms with Crippen LogP contribution in [0, 0.1) is 0 Å². The summed E-state index contributed by atoms with van der Waals surface area (Å²) in [5.74, 6) is 0. The first-order chi connectivity index (χ1) is 5.68. The zero-order valence-corrected chi connectivity index (χ0v) is 9.91. The topological polar surface area (TPSA) is 63.2 Å². The molecule has 2 bridgehead atoms. The van der Waals surface area contributed by atoms with Gasteiger partial charge in [0.1, 0.15) is 0 Å². The van der Waals surface area contributed by atoms with Gasteiger partial charge in [-0.3, -0.25) is 4.21 Å². The Hall–Kier alpha value is 0.0300. The molecular formula is C8H6NaO3S-. The summed E-state index contributed by atoms with van der Waals surface area (Å²) in [6.45, 7) is 0. The fourth-order valence-corrected chi connectivity index (χ4v) is 0.911. The van der Waals surface area contributed by atoms with Crippen molar-refractivity contribution in [2.75, 3.05) is 0 Å². The van der Waals surface area contributed by atoms with Gasteiger partial charge in [-0.1, -0.05) is 36.4 Å². The van der Waals surface area contributed by atoms with Crippen molar-refractivity contribution in [1.82, 2.24) is 0 Å². The van der Waals surface area contributed by atoms with Gasteiger partial charge in [0.05, 0.1) is 0 Å². The van der Waals surface area contributed by atoms with Crippen molar-refractivity contribution >= 4 is 22.1 Å². The van der Waals surface area contributed by atoms with Crippen LogP contribution in [0.1, 0.15) is 0 Å². The molecule has 0 unspecified atom stereocenters. The fourth-order valence-electron chi connectivity index (χ4n) is 0.911. The van der Waals surface area contributed by atoms with Crippen LogP contribution in [-0.4, -0.2) is 13.3 Å². The van der Waals surface area contributed by atoms with Crippen molar-refractivity contribution in [2.24, 2.45) is 0 Å². The molecule has 3 nitrogen and oxygen atoms in total. The standard InChI is InChI=1S/C8H6.Na.H2O3S/c1-2-8-5-3-7(1)4-6-8;;1-4(2)3/h1-6H;;(H2,1,2,3)/q;+1;/p-2. The summed E-state index contributed by atoms with van der Waals surface area (Å²) in [4.78, 5) is 0. The molecule has 0 fully saturated rings. The number of hydrogen-bond acceptors (Lipinski definition) is 3. The molecule has 64 valence electrons. The maximum absolute atomic E-state index is 8.44. The van der Waals surface area contributed by atoms with Crippen LogP contribution in [0.4, 0.5) is 0 Å². The van der Waals surface area contributed by atoms with Gasteiger partial charge >= 0.3 is 29.6 Å². The minimum atomic E-state index is -3.11. The molecule has 0 heterocycles. The van der Waals surface area contributed by atoms with Crippen molar-refractivity contribution in [2.45, 2.75) is 0 Å². The summed E-state index contributed by atoms with van der Waals surface area (Å²) < 4.78 is 25.3. The average Bonchev–Trinajstić information content (AvgIpc) is 2.07. The summed E-state index contributed by atoms with van der Waals surface area (Å²) in [5, 5.41) is 2.61. The first-order valence-electron chi connectivity index (χ1n) is 3.23. The molecule has 0 saturated heterocycles. The van der Waals surface area contributed by atoms with Gasteiger partial charge in [-0.15, -0.1) is 11.4 Å². The van der Waals surface area contributed by atoms with Gasteiger partial charge < -0.3 is 9.11 Å². The largest absolute Gasteiger partial charge is 1.00 e. The van der Waals surface area contributed by atoms with Crippen molar-refractivity contribution in [3.8, 4) is 0 Å². The molecule has 0 aromatic heterocycles. The van der Waals surface area contributed by atoms with Crippen LogP contribution in [0.3, 0.4) is 0 Å². The Morgan fingerprint density at radius 1 is 0.846 bits per heavy atom. The molecule has 0 radical (unpaired) electrons. The molecule has 3 aromatic carbocycles. The molecule has 0 aliphatic heterocycles. The van der Waals surface area contributed by atoms with Gasteiger partial charge in [0.15, 0.2) is 0 Å². The second kappa shape index (κ2) is 6.48. The van der Waals surface area contributed by atoms with E-state index in [2.05, 4.69) is 36.4 Å². The van der Waals surface area contributed by atoms with Crippen LogP contribution in [0.2, 0.25) is 0 Å². The smallest absolute Gasteiger partial charge is 0.784 e. The van der Waals surface area contributed by atoms with E-state index in [1.54, 1.807) is 0 Å². The molecule has 3 aromatic rings. The minimum absolute atomic E-state index is 0. The minimum Gasteiger partial charge on any atom is -0.784 e. The predicted octanol–water partition coefficient (Wildman–Crippen LogP) is -1.72. The normalized spacial score (nSPS) is 9.15. The third-order valence-electron chi connectivity index (χ3n) is 1.40. The Balaban J connectivity index is 0.000000256. The average molecular weight is 205 g/mol. The van der Waals surface area contributed by atoms with Crippen molar-refractivity contribution in [3.63, 3.8) is 0 Å². The predicted molar refractivity (Wildman–Crippen MR) is 44.8 cm³/mol. The molecule has 5 heteroatoms. The molecule has 0 saturated carbocycles. The van der Waals surface area contributed by atoms with E-state index in [0.717, 1.165) is 0 Å². The van der Waals surface area contributed by atoms with Crippen LogP contribution < -0.4 is 29.6 Å². The molecular weight excluding hydrogens is 199 g/mol. The van der Waals surface area contributed by atoms with E-state index in [9.17, 15) is 0 Å². The van der Waals surface area contributed by atoms with Gasteiger partial charge in [0.2, 0.25) is 0 Å². The number of benzene rings is 3. The maximum atomic E-state index is 8.44. The Bertz CT molecular complexity index is 284. The zero-order valence-electron chi connectivity index (χ0n) is 7.10. The van der Waals surface area contributed by atoms with Gasteiger partial charge in [0, 0.05) is 0 Å². The van der Waals surface area contributed by atoms with E-state index >= 15 is 0 Å². The van der Waals surface area contributed by atoms with E-state index in [1.165, 1.54) is 10.8 Å². The third kappa shape index (κ3) is 5.36. The van der Waals surface area contributed by atoms with Gasteiger partial charge in [0.25, 0.3) is 0 Å². The van der Waals surface area contributed by atoms with E-state index in [4.69, 9.17) is 13.3 Å². The Labute approximate surface area is 101 Å². The zero-order chi connectivity index (χ0) is 8.97. The van der Waals surface area contributed by atoms with E-state index in [-0.39, 0.29) is 29.6 Å². The molecule has 0 amide bonds. The van der Waals surface area contributed by atoms with E-state index in [0.29, 0.717) is 0 Å².